The third kappa shape index (κ3) is 6.34. The first-order valence-corrected chi connectivity index (χ1v) is 19.2. The highest BCUT2D eigenvalue weighted by Gasteiger charge is 2.31. The Kier molecular flexibility index (Phi) is 9.52. The van der Waals surface area contributed by atoms with Gasteiger partial charge in [0.15, 0.2) is 0 Å². The summed E-state index contributed by atoms with van der Waals surface area (Å²) in [6, 6.07) is 45.6. The van der Waals surface area contributed by atoms with Gasteiger partial charge in [0.1, 0.15) is 0 Å². The van der Waals surface area contributed by atoms with Crippen LogP contribution in [-0.2, 0) is 0 Å². The van der Waals surface area contributed by atoms with Crippen LogP contribution in [0.4, 0.5) is 0 Å². The van der Waals surface area contributed by atoms with Crippen LogP contribution >= 0.6 is 35.3 Å². The lowest BCUT2D eigenvalue weighted by atomic mass is 9.99. The van der Waals surface area contributed by atoms with Crippen molar-refractivity contribution in [1.82, 2.24) is 0 Å². The van der Waals surface area contributed by atoms with Crippen LogP contribution in [0.3, 0.4) is 0 Å². The highest BCUT2D eigenvalue weighted by Crippen LogP contribution is 2.50. The molecule has 9 heteroatoms. The number of hydrogen-bond acceptors (Lipinski definition) is 7. The van der Waals surface area contributed by atoms with E-state index in [9.17, 15) is 20.1 Å². The van der Waals surface area contributed by atoms with Gasteiger partial charge >= 0.3 is 0 Å². The molecule has 0 unspecified atom stereocenters. The van der Waals surface area contributed by atoms with Crippen LogP contribution in [0.2, 0.25) is 0 Å². The molecule has 2 aliphatic rings. The molecule has 6 aromatic rings. The van der Waals surface area contributed by atoms with Gasteiger partial charge in [-0.3, -0.25) is 9.59 Å². The monoisotopic (exact) mass is 758 g/mol. The number of nitriles is 2. The summed E-state index contributed by atoms with van der Waals surface area (Å²) in [4.78, 5) is 37.9. The number of allylic oxidation sites excluding steroid dienone is 2. The number of fused-ring (bicyclic) bond motifs is 6. The van der Waals surface area contributed by atoms with E-state index in [2.05, 4.69) is 9.69 Å². The van der Waals surface area contributed by atoms with Crippen molar-refractivity contribution in [2.75, 3.05) is 0 Å². The summed E-state index contributed by atoms with van der Waals surface area (Å²) in [6.07, 6.45) is 0. The van der Waals surface area contributed by atoms with E-state index in [1.165, 1.54) is 0 Å². The molecule has 6 aromatic carbocycles. The van der Waals surface area contributed by atoms with Crippen LogP contribution < -0.4 is 0 Å². The average molecular weight is 759 g/mol. The summed E-state index contributed by atoms with van der Waals surface area (Å²) in [5.74, 6) is 0. The first kappa shape index (κ1) is 35.2. The van der Waals surface area contributed by atoms with Gasteiger partial charge in [0.05, 0.1) is 25.3 Å². The fourth-order valence-corrected chi connectivity index (χ4v) is 9.31. The first-order chi connectivity index (χ1) is 26.9. The molecule has 8 rings (SSSR count). The summed E-state index contributed by atoms with van der Waals surface area (Å²) in [7, 11) is 0. The van der Waals surface area contributed by atoms with E-state index in [0.717, 1.165) is 76.5 Å². The number of carbonyl (C=O) groups is 2. The zero-order valence-corrected chi connectivity index (χ0v) is 31.0. The molecule has 0 aromatic heterocycles. The van der Waals surface area contributed by atoms with Crippen LogP contribution in [0.25, 0.3) is 43.1 Å². The molecule has 6 nitrogen and oxygen atoms in total. The fourth-order valence-electron chi connectivity index (χ4n) is 6.97. The molecule has 0 heterocycles. The maximum atomic E-state index is 13.7. The predicted octanol–water partition coefficient (Wildman–Crippen LogP) is 12.1. The van der Waals surface area contributed by atoms with Crippen LogP contribution in [0.15, 0.2) is 164 Å². The lowest BCUT2D eigenvalue weighted by Crippen LogP contribution is -1.98. The van der Waals surface area contributed by atoms with E-state index >= 15 is 0 Å². The summed E-state index contributed by atoms with van der Waals surface area (Å²) >= 11 is 3.83. The van der Waals surface area contributed by atoms with Crippen molar-refractivity contribution >= 4 is 56.7 Å². The second-order valence-electron chi connectivity index (χ2n) is 12.3. The average Bonchev–Trinajstić information content (AvgIpc) is 3.74. The smallest absolute Gasteiger partial charge is 0.270 e. The maximum absolute atomic E-state index is 13.7. The van der Waals surface area contributed by atoms with Gasteiger partial charge in [-0.2, -0.15) is 0 Å². The molecule has 2 aliphatic carbocycles. The van der Waals surface area contributed by atoms with Crippen LogP contribution in [0.1, 0.15) is 43.0 Å². The van der Waals surface area contributed by atoms with E-state index in [4.69, 9.17) is 13.1 Å². The first-order valence-electron chi connectivity index (χ1n) is 16.8. The van der Waals surface area contributed by atoms with Gasteiger partial charge in [0.2, 0.25) is 10.2 Å². The van der Waals surface area contributed by atoms with Crippen molar-refractivity contribution in [3.8, 4) is 34.4 Å². The SMILES string of the molecule is [C-]#[N+]/C(C#N)=C1/c2ccccc2-c2c(C(=O)Sc3ccc(Sc4ccc(SC(=O)c5cccc6c5-c5ccccc5/C6=C(/C#N)[N+]#[C-])cc4)cc3)cccc21. The Labute approximate surface area is 330 Å². The topological polar surface area (TPSA) is 90.4 Å². The normalized spacial score (nSPS) is 13.5. The lowest BCUT2D eigenvalue weighted by Gasteiger charge is -2.10. The predicted molar refractivity (Wildman–Crippen MR) is 218 cm³/mol. The Balaban J connectivity index is 0.963. The Hall–Kier alpha value is -6.85. The second-order valence-corrected chi connectivity index (χ2v) is 15.5. The minimum Gasteiger partial charge on any atom is -0.281 e. The van der Waals surface area contributed by atoms with Crippen molar-refractivity contribution in [3.63, 3.8) is 0 Å². The molecule has 0 atom stereocenters. The zero-order valence-electron chi connectivity index (χ0n) is 28.5. The van der Waals surface area contributed by atoms with Crippen molar-refractivity contribution in [2.24, 2.45) is 0 Å². The van der Waals surface area contributed by atoms with E-state index in [1.54, 1.807) is 36.0 Å². The highest BCUT2D eigenvalue weighted by molar-refractivity contribution is 8.14. The molecular weight excluding hydrogens is 737 g/mol. The summed E-state index contributed by atoms with van der Waals surface area (Å²) in [5, 5.41) is 19.1. The van der Waals surface area contributed by atoms with Gasteiger partial charge in [0, 0.05) is 53.0 Å². The van der Waals surface area contributed by atoms with Crippen molar-refractivity contribution < 1.29 is 9.59 Å². The third-order valence-electron chi connectivity index (χ3n) is 9.25. The molecule has 0 radical (unpaired) electrons. The van der Waals surface area contributed by atoms with Gasteiger partial charge in [0.25, 0.3) is 11.4 Å². The number of rotatable bonds is 6. The van der Waals surface area contributed by atoms with E-state index in [0.29, 0.717) is 33.4 Å². The number of nitrogens with zero attached hydrogens (tertiary/aromatic N) is 4. The quantitative estimate of drug-likeness (QED) is 0.0947. The minimum absolute atomic E-state index is 0.00211. The molecule has 0 N–H and O–H groups in total. The van der Waals surface area contributed by atoms with Gasteiger partial charge in [-0.05, 0) is 118 Å². The highest BCUT2D eigenvalue weighted by atomic mass is 32.2. The molecule has 0 amide bonds. The van der Waals surface area contributed by atoms with Crippen molar-refractivity contribution in [2.45, 2.75) is 19.6 Å². The third-order valence-corrected chi connectivity index (χ3v) is 12.1. The van der Waals surface area contributed by atoms with E-state index in [1.807, 2.05) is 121 Å². The molecular formula is C46H22N4O2S3. The zero-order chi connectivity index (χ0) is 38.1. The fraction of sp³-hybridized carbons (Fsp3) is 0. The Morgan fingerprint density at radius 1 is 0.455 bits per heavy atom. The molecule has 0 bridgehead atoms. The molecule has 256 valence electrons. The Bertz CT molecular complexity index is 2640. The number of hydrogen-bond donors (Lipinski definition) is 0. The second kappa shape index (κ2) is 14.9. The van der Waals surface area contributed by atoms with Crippen LogP contribution in [0, 0.1) is 35.8 Å². The molecule has 0 saturated heterocycles. The minimum atomic E-state index is -0.130. The van der Waals surface area contributed by atoms with E-state index < -0.39 is 0 Å². The molecule has 0 saturated carbocycles. The molecule has 0 aliphatic heterocycles. The lowest BCUT2D eigenvalue weighted by molar-refractivity contribution is 0.108. The van der Waals surface area contributed by atoms with Crippen LogP contribution in [0.5, 0.6) is 0 Å². The van der Waals surface area contributed by atoms with Crippen molar-refractivity contribution in [1.29, 1.82) is 10.5 Å². The van der Waals surface area contributed by atoms with Gasteiger partial charge in [-0.15, -0.1) is 0 Å². The van der Waals surface area contributed by atoms with Crippen LogP contribution in [-0.4, -0.2) is 10.2 Å². The van der Waals surface area contributed by atoms with E-state index in [-0.39, 0.29) is 21.6 Å². The van der Waals surface area contributed by atoms with Crippen molar-refractivity contribution in [3.05, 3.63) is 201 Å². The number of thioether (sulfide) groups is 2. The Morgan fingerprint density at radius 3 is 1.16 bits per heavy atom. The number of benzene rings is 6. The summed E-state index contributed by atoms with van der Waals surface area (Å²) < 4.78 is 0. The van der Waals surface area contributed by atoms with Gasteiger partial charge < -0.3 is 0 Å². The molecule has 55 heavy (non-hydrogen) atoms. The molecule has 0 spiro atoms. The summed E-state index contributed by atoms with van der Waals surface area (Å²) in [5.41, 5.74) is 8.33. The summed E-state index contributed by atoms with van der Waals surface area (Å²) in [6.45, 7) is 15.1. The Morgan fingerprint density at radius 2 is 0.800 bits per heavy atom. The molecule has 0 fully saturated rings. The largest absolute Gasteiger partial charge is 0.281 e. The standard InChI is InChI=1S/C46H22N4O2S3/c1-49-39(25-47)43-33-11-5-3-9-31(33)41-35(43)13-7-15-37(41)45(51)54-29-21-17-27(18-22-29)53-28-19-23-30(24-20-28)55-46(52)38-16-8-14-36-42(38)32-10-4-6-12-34(32)44(36)40(26-48)50-2/h3-24H/b43-39-,44-40+. The number of carbonyl (C=O) groups excluding carboxylic acids is 2. The maximum Gasteiger partial charge on any atom is 0.270 e. The van der Waals surface area contributed by atoms with Gasteiger partial charge in [-0.1, -0.05) is 84.6 Å². The van der Waals surface area contributed by atoms with Gasteiger partial charge in [-0.25, -0.2) is 20.2 Å².